The smallest absolute Gasteiger partial charge is 0.253 e. The molecule has 0 saturated carbocycles. The van der Waals surface area contributed by atoms with Crippen LogP contribution in [0, 0.1) is 0 Å². The summed E-state index contributed by atoms with van der Waals surface area (Å²) in [7, 11) is 3.40. The Labute approximate surface area is 97.2 Å². The fourth-order valence-corrected chi connectivity index (χ4v) is 1.79. The van der Waals surface area contributed by atoms with E-state index in [2.05, 4.69) is 9.97 Å². The quantitative estimate of drug-likeness (QED) is 0.569. The number of aromatic amines is 1. The average molecular weight is 242 g/mol. The van der Waals surface area contributed by atoms with Crippen molar-refractivity contribution in [1.29, 1.82) is 0 Å². The maximum absolute atomic E-state index is 11.3. The van der Waals surface area contributed by atoms with Crippen molar-refractivity contribution in [3.8, 4) is 0 Å². The summed E-state index contributed by atoms with van der Waals surface area (Å²) in [5, 5.41) is 0.441. The predicted octanol–water partition coefficient (Wildman–Crippen LogP) is -0.0775. The van der Waals surface area contributed by atoms with Crippen molar-refractivity contribution in [2.24, 2.45) is 0 Å². The zero-order valence-electron chi connectivity index (χ0n) is 9.19. The van der Waals surface area contributed by atoms with Crippen molar-refractivity contribution >= 4 is 23.5 Å². The highest BCUT2D eigenvalue weighted by Gasteiger charge is 2.05. The van der Waals surface area contributed by atoms with E-state index in [9.17, 15) is 9.59 Å². The van der Waals surface area contributed by atoms with Gasteiger partial charge in [0.1, 0.15) is 5.82 Å². The predicted molar refractivity (Wildman–Crippen MR) is 63.3 cm³/mol. The summed E-state index contributed by atoms with van der Waals surface area (Å²) in [5.74, 6) is 0.785. The summed E-state index contributed by atoms with van der Waals surface area (Å²) in [6, 6.07) is 1.22. The van der Waals surface area contributed by atoms with Gasteiger partial charge in [-0.3, -0.25) is 9.59 Å². The number of nitrogens with one attached hydrogen (secondary N) is 1. The molecule has 0 saturated heterocycles. The van der Waals surface area contributed by atoms with Crippen molar-refractivity contribution in [3.05, 3.63) is 16.4 Å². The molecule has 0 aliphatic rings. The molecule has 7 heteroatoms. The normalized spacial score (nSPS) is 10.1. The van der Waals surface area contributed by atoms with Gasteiger partial charge in [-0.05, 0) is 0 Å². The molecule has 0 fully saturated rings. The zero-order valence-corrected chi connectivity index (χ0v) is 10.0. The Balaban J connectivity index is 2.49. The first kappa shape index (κ1) is 12.6. The molecule has 3 N–H and O–H groups in total. The lowest BCUT2D eigenvalue weighted by Gasteiger charge is -2.09. The molecule has 1 aromatic heterocycles. The summed E-state index contributed by atoms with van der Waals surface area (Å²) in [4.78, 5) is 30.3. The first-order valence-electron chi connectivity index (χ1n) is 4.69. The molecule has 1 aromatic rings. The van der Waals surface area contributed by atoms with Gasteiger partial charge in [-0.1, -0.05) is 11.8 Å². The maximum Gasteiger partial charge on any atom is 0.253 e. The Bertz CT molecular complexity index is 430. The second-order valence-electron chi connectivity index (χ2n) is 3.36. The first-order chi connectivity index (χ1) is 7.49. The Morgan fingerprint density at radius 3 is 2.88 bits per heavy atom. The molecule has 0 radical (unpaired) electrons. The van der Waals surface area contributed by atoms with E-state index in [-0.39, 0.29) is 17.3 Å². The number of nitrogen functional groups attached to an aromatic ring is 1. The van der Waals surface area contributed by atoms with E-state index in [1.807, 2.05) is 0 Å². The van der Waals surface area contributed by atoms with Gasteiger partial charge in [0, 0.05) is 32.3 Å². The topological polar surface area (TPSA) is 92.1 Å². The molecule has 0 aliphatic heterocycles. The van der Waals surface area contributed by atoms with E-state index >= 15 is 0 Å². The average Bonchev–Trinajstić information content (AvgIpc) is 2.15. The molecule has 0 aliphatic carbocycles. The van der Waals surface area contributed by atoms with Gasteiger partial charge in [0.15, 0.2) is 5.16 Å². The van der Waals surface area contributed by atoms with Crippen LogP contribution in [0.3, 0.4) is 0 Å². The number of aromatic nitrogens is 2. The van der Waals surface area contributed by atoms with Crippen LogP contribution in [-0.2, 0) is 4.79 Å². The molecule has 1 heterocycles. The zero-order chi connectivity index (χ0) is 12.1. The first-order valence-corrected chi connectivity index (χ1v) is 5.67. The van der Waals surface area contributed by atoms with Crippen LogP contribution in [0.2, 0.25) is 0 Å². The highest BCUT2D eigenvalue weighted by Crippen LogP contribution is 2.13. The standard InChI is InChI=1S/C9H14N4O2S/c1-13(2)8(15)3-4-16-9-11-6(10)5-7(14)12-9/h5H,3-4H2,1-2H3,(H3,10,11,12,14). The minimum atomic E-state index is -0.283. The Kier molecular flexibility index (Phi) is 4.36. The Morgan fingerprint density at radius 2 is 2.31 bits per heavy atom. The van der Waals surface area contributed by atoms with Gasteiger partial charge < -0.3 is 15.6 Å². The summed E-state index contributed by atoms with van der Waals surface area (Å²) < 4.78 is 0. The molecule has 1 rings (SSSR count). The van der Waals surface area contributed by atoms with Crippen LogP contribution in [0.15, 0.2) is 16.0 Å². The number of thioether (sulfide) groups is 1. The lowest BCUT2D eigenvalue weighted by molar-refractivity contribution is -0.128. The summed E-state index contributed by atoms with van der Waals surface area (Å²) >= 11 is 1.30. The van der Waals surface area contributed by atoms with Gasteiger partial charge in [0.25, 0.3) is 5.56 Å². The second kappa shape index (κ2) is 5.55. The summed E-state index contributed by atoms with van der Waals surface area (Å²) in [5.41, 5.74) is 5.14. The maximum atomic E-state index is 11.3. The lowest BCUT2D eigenvalue weighted by Crippen LogP contribution is -2.21. The third-order valence-corrected chi connectivity index (χ3v) is 2.67. The molecular formula is C9H14N4O2S. The van der Waals surface area contributed by atoms with Crippen LogP contribution in [0.4, 0.5) is 5.82 Å². The number of nitrogens with two attached hydrogens (primary N) is 1. The SMILES string of the molecule is CN(C)C(=O)CCSc1nc(N)cc(=O)[nH]1. The van der Waals surface area contributed by atoms with Gasteiger partial charge in [-0.2, -0.15) is 0 Å². The van der Waals surface area contributed by atoms with Crippen LogP contribution in [0.1, 0.15) is 6.42 Å². The van der Waals surface area contributed by atoms with Crippen molar-refractivity contribution < 1.29 is 4.79 Å². The van der Waals surface area contributed by atoms with Crippen molar-refractivity contribution in [1.82, 2.24) is 14.9 Å². The van der Waals surface area contributed by atoms with Crippen LogP contribution >= 0.6 is 11.8 Å². The molecule has 0 spiro atoms. The molecule has 0 aromatic carbocycles. The lowest BCUT2D eigenvalue weighted by atomic mass is 10.4. The molecule has 0 atom stereocenters. The molecule has 6 nitrogen and oxygen atoms in total. The van der Waals surface area contributed by atoms with Crippen LogP contribution in [0.25, 0.3) is 0 Å². The molecule has 1 amide bonds. The minimum absolute atomic E-state index is 0.0405. The Morgan fingerprint density at radius 1 is 1.62 bits per heavy atom. The van der Waals surface area contributed by atoms with Gasteiger partial charge >= 0.3 is 0 Å². The minimum Gasteiger partial charge on any atom is -0.383 e. The highest BCUT2D eigenvalue weighted by atomic mass is 32.2. The van der Waals surface area contributed by atoms with Gasteiger partial charge in [-0.15, -0.1) is 0 Å². The number of amides is 1. The van der Waals surface area contributed by atoms with E-state index in [4.69, 9.17) is 5.73 Å². The molecule has 88 valence electrons. The van der Waals surface area contributed by atoms with Crippen LogP contribution in [-0.4, -0.2) is 40.6 Å². The van der Waals surface area contributed by atoms with E-state index < -0.39 is 0 Å². The third-order valence-electron chi connectivity index (χ3n) is 1.79. The number of rotatable bonds is 4. The van der Waals surface area contributed by atoms with E-state index in [1.54, 1.807) is 14.1 Å². The molecule has 0 bridgehead atoms. The second-order valence-corrected chi connectivity index (χ2v) is 4.45. The van der Waals surface area contributed by atoms with Gasteiger partial charge in [-0.25, -0.2) is 4.98 Å². The van der Waals surface area contributed by atoms with Gasteiger partial charge in [0.05, 0.1) is 0 Å². The van der Waals surface area contributed by atoms with E-state index in [1.165, 1.54) is 22.7 Å². The Hall–Kier alpha value is -1.50. The van der Waals surface area contributed by atoms with Crippen molar-refractivity contribution in [3.63, 3.8) is 0 Å². The third kappa shape index (κ3) is 3.93. The van der Waals surface area contributed by atoms with Gasteiger partial charge in [0.2, 0.25) is 5.91 Å². The summed E-state index contributed by atoms with van der Waals surface area (Å²) in [6.07, 6.45) is 0.399. The fraction of sp³-hybridized carbons (Fsp3) is 0.444. The number of H-pyrrole nitrogens is 1. The number of nitrogens with zero attached hydrogens (tertiary/aromatic N) is 2. The number of hydrogen-bond donors (Lipinski definition) is 2. The molecular weight excluding hydrogens is 228 g/mol. The van der Waals surface area contributed by atoms with E-state index in [0.29, 0.717) is 17.3 Å². The number of carbonyl (C=O) groups excluding carboxylic acids is 1. The number of hydrogen-bond acceptors (Lipinski definition) is 5. The fourth-order valence-electron chi connectivity index (χ4n) is 0.980. The highest BCUT2D eigenvalue weighted by molar-refractivity contribution is 7.99. The summed E-state index contributed by atoms with van der Waals surface area (Å²) in [6.45, 7) is 0. The van der Waals surface area contributed by atoms with E-state index in [0.717, 1.165) is 0 Å². The molecule has 0 unspecified atom stereocenters. The van der Waals surface area contributed by atoms with Crippen LogP contribution in [0.5, 0.6) is 0 Å². The van der Waals surface area contributed by atoms with Crippen LogP contribution < -0.4 is 11.3 Å². The number of anilines is 1. The molecule has 16 heavy (non-hydrogen) atoms. The monoisotopic (exact) mass is 242 g/mol. The van der Waals surface area contributed by atoms with Crippen molar-refractivity contribution in [2.75, 3.05) is 25.6 Å². The van der Waals surface area contributed by atoms with Crippen molar-refractivity contribution in [2.45, 2.75) is 11.6 Å². The largest absolute Gasteiger partial charge is 0.383 e. The number of carbonyl (C=O) groups is 1.